The maximum Gasteiger partial charge on any atom is 0.255 e. The molecule has 2 fully saturated rings. The van der Waals surface area contributed by atoms with E-state index in [1.807, 2.05) is 18.2 Å². The Morgan fingerprint density at radius 1 is 1.03 bits per heavy atom. The largest absolute Gasteiger partial charge is 0.322 e. The van der Waals surface area contributed by atoms with Crippen LogP contribution in [0.25, 0.3) is 0 Å². The number of likely N-dealkylation sites (tertiary alicyclic amines) is 1. The van der Waals surface area contributed by atoms with E-state index in [1.165, 1.54) is 10.5 Å². The number of imide groups is 1. The van der Waals surface area contributed by atoms with Crippen LogP contribution in [0.3, 0.4) is 0 Å². The van der Waals surface area contributed by atoms with Gasteiger partial charge < -0.3 is 4.90 Å². The Morgan fingerprint density at radius 3 is 2.50 bits per heavy atom. The van der Waals surface area contributed by atoms with E-state index in [-0.39, 0.29) is 24.8 Å². The van der Waals surface area contributed by atoms with Crippen molar-refractivity contribution < 1.29 is 18.8 Å². The van der Waals surface area contributed by atoms with Crippen molar-refractivity contribution in [2.45, 2.75) is 50.5 Å². The zero-order valence-corrected chi connectivity index (χ0v) is 17.9. The number of hydrogen-bond donors (Lipinski definition) is 1. The van der Waals surface area contributed by atoms with Gasteiger partial charge in [-0.2, -0.15) is 0 Å². The van der Waals surface area contributed by atoms with Crippen molar-refractivity contribution in [2.75, 3.05) is 13.1 Å². The molecule has 2 aromatic carbocycles. The number of carbonyl (C=O) groups is 3. The Balaban J connectivity index is 1.28. The fourth-order valence-electron chi connectivity index (χ4n) is 5.05. The molecule has 3 aliphatic heterocycles. The molecule has 3 aliphatic rings. The van der Waals surface area contributed by atoms with E-state index in [4.69, 9.17) is 0 Å². The summed E-state index contributed by atoms with van der Waals surface area (Å²) >= 11 is 0. The molecule has 32 heavy (non-hydrogen) atoms. The summed E-state index contributed by atoms with van der Waals surface area (Å²) < 4.78 is 15.9. The number of alkyl halides is 1. The van der Waals surface area contributed by atoms with Crippen LogP contribution in [0, 0.1) is 0 Å². The van der Waals surface area contributed by atoms with Crippen molar-refractivity contribution in [2.24, 2.45) is 0 Å². The van der Waals surface area contributed by atoms with Gasteiger partial charge in [0.15, 0.2) is 0 Å². The van der Waals surface area contributed by atoms with Gasteiger partial charge in [0.1, 0.15) is 11.7 Å². The fraction of sp³-hybridized carbons (Fsp3) is 0.400. The number of benzene rings is 2. The van der Waals surface area contributed by atoms with Gasteiger partial charge in [0.25, 0.3) is 5.91 Å². The number of halogens is 1. The van der Waals surface area contributed by atoms with Gasteiger partial charge in [-0.1, -0.05) is 42.5 Å². The topological polar surface area (TPSA) is 69.7 Å². The summed E-state index contributed by atoms with van der Waals surface area (Å²) in [7, 11) is 0. The summed E-state index contributed by atoms with van der Waals surface area (Å²) in [6, 6.07) is 14.8. The van der Waals surface area contributed by atoms with E-state index in [0.29, 0.717) is 43.5 Å². The van der Waals surface area contributed by atoms with Crippen LogP contribution >= 0.6 is 0 Å². The molecule has 166 valence electrons. The molecule has 1 N–H and O–H groups in total. The Bertz CT molecular complexity index is 1060. The molecular weight excluding hydrogens is 409 g/mol. The third-order valence-electron chi connectivity index (χ3n) is 6.94. The highest BCUT2D eigenvalue weighted by molar-refractivity contribution is 6.05. The van der Waals surface area contributed by atoms with E-state index < -0.39 is 17.6 Å². The smallest absolute Gasteiger partial charge is 0.255 e. The highest BCUT2D eigenvalue weighted by Crippen LogP contribution is 2.39. The minimum Gasteiger partial charge on any atom is -0.322 e. The number of amides is 3. The summed E-state index contributed by atoms with van der Waals surface area (Å²) in [5.41, 5.74) is 1.68. The summed E-state index contributed by atoms with van der Waals surface area (Å²) in [6.45, 7) is 2.43. The van der Waals surface area contributed by atoms with Crippen LogP contribution in [0.4, 0.5) is 4.39 Å². The zero-order chi connectivity index (χ0) is 22.3. The highest BCUT2D eigenvalue weighted by Gasteiger charge is 2.41. The Labute approximate surface area is 186 Å². The lowest BCUT2D eigenvalue weighted by Gasteiger charge is -2.37. The monoisotopic (exact) mass is 435 g/mol. The molecule has 2 aromatic rings. The van der Waals surface area contributed by atoms with E-state index in [0.717, 1.165) is 12.1 Å². The number of rotatable bonds is 4. The average molecular weight is 435 g/mol. The van der Waals surface area contributed by atoms with Crippen LogP contribution in [0.5, 0.6) is 0 Å². The third-order valence-corrected chi connectivity index (χ3v) is 6.94. The van der Waals surface area contributed by atoms with Gasteiger partial charge >= 0.3 is 0 Å². The Hall–Kier alpha value is -3.06. The van der Waals surface area contributed by atoms with E-state index in [1.54, 1.807) is 18.2 Å². The van der Waals surface area contributed by atoms with Crippen molar-refractivity contribution in [3.05, 3.63) is 70.8 Å². The van der Waals surface area contributed by atoms with Crippen LogP contribution in [0.15, 0.2) is 48.5 Å². The van der Waals surface area contributed by atoms with Crippen LogP contribution < -0.4 is 5.32 Å². The first-order chi connectivity index (χ1) is 15.4. The summed E-state index contributed by atoms with van der Waals surface area (Å²) in [5.74, 6) is -0.974. The second-order valence-electron chi connectivity index (χ2n) is 9.00. The quantitative estimate of drug-likeness (QED) is 0.750. The molecule has 0 radical (unpaired) electrons. The normalized spacial score (nSPS) is 23.2. The van der Waals surface area contributed by atoms with Gasteiger partial charge in [-0.05, 0) is 42.0 Å². The number of nitrogens with zero attached hydrogens (tertiary/aromatic N) is 2. The summed E-state index contributed by atoms with van der Waals surface area (Å²) in [5, 5.41) is 2.31. The maximum atomic E-state index is 15.9. The molecule has 3 heterocycles. The Morgan fingerprint density at radius 2 is 1.78 bits per heavy atom. The van der Waals surface area contributed by atoms with Crippen LogP contribution in [-0.2, 0) is 28.3 Å². The number of carbonyl (C=O) groups excluding carboxylic acids is 3. The summed E-state index contributed by atoms with van der Waals surface area (Å²) in [4.78, 5) is 40.3. The molecule has 3 amide bonds. The number of hydrogen-bond acceptors (Lipinski definition) is 4. The lowest BCUT2D eigenvalue weighted by atomic mass is 9.84. The van der Waals surface area contributed by atoms with Crippen molar-refractivity contribution in [1.82, 2.24) is 15.1 Å². The second-order valence-corrected chi connectivity index (χ2v) is 9.00. The SMILES string of the molecule is O=C1CCC(N2Cc3cc(C4(F)CCN(Cc5ccccc5)CC4)ccc3C2=O)C(=O)N1. The molecule has 6 nitrogen and oxygen atoms in total. The van der Waals surface area contributed by atoms with Gasteiger partial charge in [-0.15, -0.1) is 0 Å². The molecule has 0 aromatic heterocycles. The first-order valence-electron chi connectivity index (χ1n) is 11.2. The molecule has 0 saturated carbocycles. The van der Waals surface area contributed by atoms with Gasteiger partial charge in [-0.25, -0.2) is 4.39 Å². The van der Waals surface area contributed by atoms with Gasteiger partial charge in [0, 0.05) is 38.2 Å². The van der Waals surface area contributed by atoms with Crippen LogP contribution in [-0.4, -0.2) is 46.7 Å². The standard InChI is InChI=1S/C25H26FN3O3/c26-25(10-12-28(13-11-25)15-17-4-2-1-3-5-17)19-6-7-20-18(14-19)16-29(24(20)32)21-8-9-22(30)27-23(21)31/h1-7,14,21H,8-13,15-16H2,(H,27,30,31). The Kier molecular flexibility index (Phi) is 5.29. The van der Waals surface area contributed by atoms with Gasteiger partial charge in [0.05, 0.1) is 0 Å². The van der Waals surface area contributed by atoms with E-state index in [9.17, 15) is 14.4 Å². The van der Waals surface area contributed by atoms with Crippen LogP contribution in [0.2, 0.25) is 0 Å². The van der Waals surface area contributed by atoms with Crippen molar-refractivity contribution in [3.8, 4) is 0 Å². The fourth-order valence-corrected chi connectivity index (χ4v) is 5.05. The second kappa shape index (κ2) is 8.13. The number of nitrogens with one attached hydrogen (secondary N) is 1. The summed E-state index contributed by atoms with van der Waals surface area (Å²) in [6.07, 6.45) is 1.35. The van der Waals surface area contributed by atoms with Crippen molar-refractivity contribution in [3.63, 3.8) is 0 Å². The van der Waals surface area contributed by atoms with E-state index >= 15 is 4.39 Å². The van der Waals surface area contributed by atoms with Crippen molar-refractivity contribution >= 4 is 17.7 Å². The van der Waals surface area contributed by atoms with E-state index in [2.05, 4.69) is 22.3 Å². The molecule has 0 aliphatic carbocycles. The lowest BCUT2D eigenvalue weighted by Crippen LogP contribution is -2.52. The van der Waals surface area contributed by atoms with Crippen molar-refractivity contribution in [1.29, 1.82) is 0 Å². The zero-order valence-electron chi connectivity index (χ0n) is 17.9. The van der Waals surface area contributed by atoms with Crippen LogP contribution in [0.1, 0.15) is 52.7 Å². The number of fused-ring (bicyclic) bond motifs is 1. The third kappa shape index (κ3) is 3.81. The minimum absolute atomic E-state index is 0.217. The predicted octanol–water partition coefficient (Wildman–Crippen LogP) is 2.91. The predicted molar refractivity (Wildman–Crippen MR) is 116 cm³/mol. The first-order valence-corrected chi connectivity index (χ1v) is 11.2. The van der Waals surface area contributed by atoms with Gasteiger partial charge in [-0.3, -0.25) is 24.6 Å². The minimum atomic E-state index is -1.42. The molecule has 2 saturated heterocycles. The molecule has 1 atom stereocenters. The first kappa shape index (κ1) is 20.8. The average Bonchev–Trinajstić information content (AvgIpc) is 3.12. The molecule has 1 unspecified atom stereocenters. The molecular formula is C25H26FN3O3. The lowest BCUT2D eigenvalue weighted by molar-refractivity contribution is -0.136. The highest BCUT2D eigenvalue weighted by atomic mass is 19.1. The number of piperidine rings is 2. The molecule has 7 heteroatoms. The molecule has 0 bridgehead atoms. The molecule has 5 rings (SSSR count). The maximum absolute atomic E-state index is 15.9. The molecule has 0 spiro atoms. The van der Waals surface area contributed by atoms with Gasteiger partial charge in [0.2, 0.25) is 11.8 Å².